The van der Waals surface area contributed by atoms with Crippen LogP contribution in [-0.2, 0) is 22.7 Å². The van der Waals surface area contributed by atoms with E-state index in [4.69, 9.17) is 24.5 Å². The molecule has 4 rings (SSSR count). The van der Waals surface area contributed by atoms with Crippen LogP contribution in [0.3, 0.4) is 0 Å². The average molecular weight is 450 g/mol. The number of hydrogen-bond acceptors (Lipinski definition) is 6. The number of pyridine rings is 1. The molecule has 1 aliphatic rings. The number of piperazine rings is 1. The molecule has 0 saturated carbocycles. The van der Waals surface area contributed by atoms with Gasteiger partial charge in [0.1, 0.15) is 11.5 Å². The predicted molar refractivity (Wildman–Crippen MR) is 123 cm³/mol. The van der Waals surface area contributed by atoms with Crippen LogP contribution in [0, 0.1) is 0 Å². The van der Waals surface area contributed by atoms with Crippen LogP contribution in [0.5, 0.6) is 11.5 Å². The molecule has 0 amide bonds. The van der Waals surface area contributed by atoms with Crippen molar-refractivity contribution in [2.45, 2.75) is 13.1 Å². The van der Waals surface area contributed by atoms with Gasteiger partial charge >= 0.3 is 11.9 Å². The molecule has 1 fully saturated rings. The lowest BCUT2D eigenvalue weighted by Gasteiger charge is -2.34. The first-order valence-electron chi connectivity index (χ1n) is 10.6. The molecule has 2 heterocycles. The van der Waals surface area contributed by atoms with Crippen LogP contribution in [0.1, 0.15) is 11.3 Å². The number of aromatic nitrogens is 1. The molecule has 8 nitrogen and oxygen atoms in total. The van der Waals surface area contributed by atoms with Gasteiger partial charge in [-0.1, -0.05) is 36.4 Å². The van der Waals surface area contributed by atoms with E-state index in [0.717, 1.165) is 56.5 Å². The van der Waals surface area contributed by atoms with E-state index in [9.17, 15) is 0 Å². The van der Waals surface area contributed by atoms with Crippen molar-refractivity contribution in [2.24, 2.45) is 0 Å². The van der Waals surface area contributed by atoms with Crippen LogP contribution in [0.4, 0.5) is 0 Å². The van der Waals surface area contributed by atoms with Gasteiger partial charge in [-0.25, -0.2) is 9.59 Å². The number of hydrogen-bond donors (Lipinski definition) is 2. The van der Waals surface area contributed by atoms with Crippen LogP contribution in [0.2, 0.25) is 0 Å². The van der Waals surface area contributed by atoms with E-state index in [1.54, 1.807) is 0 Å². The normalized spacial score (nSPS) is 14.1. The van der Waals surface area contributed by atoms with Crippen molar-refractivity contribution in [3.05, 3.63) is 90.3 Å². The maximum atomic E-state index is 9.10. The second kappa shape index (κ2) is 12.3. The summed E-state index contributed by atoms with van der Waals surface area (Å²) in [6.07, 6.45) is 1.87. The summed E-state index contributed by atoms with van der Waals surface area (Å²) in [6.45, 7) is 6.22. The molecular weight excluding hydrogens is 422 g/mol. The van der Waals surface area contributed by atoms with Crippen LogP contribution < -0.4 is 4.74 Å². The zero-order chi connectivity index (χ0) is 23.5. The Morgan fingerprint density at radius 2 is 1.36 bits per heavy atom. The van der Waals surface area contributed by atoms with Gasteiger partial charge in [-0.2, -0.15) is 0 Å². The lowest BCUT2D eigenvalue weighted by atomic mass is 10.2. The number of carboxylic acids is 2. The Morgan fingerprint density at radius 3 is 1.97 bits per heavy atom. The Kier molecular flexibility index (Phi) is 8.93. The van der Waals surface area contributed by atoms with Crippen molar-refractivity contribution in [2.75, 3.05) is 26.2 Å². The van der Waals surface area contributed by atoms with Crippen molar-refractivity contribution < 1.29 is 24.5 Å². The smallest absolute Gasteiger partial charge is 0.414 e. The number of nitrogens with zero attached hydrogens (tertiary/aromatic N) is 3. The first-order valence-corrected chi connectivity index (χ1v) is 10.6. The largest absolute Gasteiger partial charge is 0.473 e. The summed E-state index contributed by atoms with van der Waals surface area (Å²) in [4.78, 5) is 27.6. The molecule has 2 N–H and O–H groups in total. The van der Waals surface area contributed by atoms with E-state index in [1.165, 1.54) is 5.56 Å². The second-order valence-electron chi connectivity index (χ2n) is 7.55. The minimum Gasteiger partial charge on any atom is -0.473 e. The zero-order valence-corrected chi connectivity index (χ0v) is 18.2. The average Bonchev–Trinajstić information content (AvgIpc) is 2.82. The van der Waals surface area contributed by atoms with E-state index in [2.05, 4.69) is 45.1 Å². The monoisotopic (exact) mass is 449 g/mol. The summed E-state index contributed by atoms with van der Waals surface area (Å²) in [5, 5.41) is 14.8. The quantitative estimate of drug-likeness (QED) is 0.553. The molecule has 0 bridgehead atoms. The number of aliphatic carboxylic acids is 2. The standard InChI is InChI=1S/C23H25N3O.C2H2O4/c1-2-9-22(10-3-1)27-23-11-6-7-20(17-23)18-25-13-15-26(16-14-25)19-21-8-4-5-12-24-21;3-1(4)2(5)6/h1-12,17H,13-16,18-19H2;(H,3,4)(H,5,6). The van der Waals surface area contributed by atoms with E-state index in [0.29, 0.717) is 0 Å². The van der Waals surface area contributed by atoms with Gasteiger partial charge < -0.3 is 14.9 Å². The Balaban J connectivity index is 0.000000454. The van der Waals surface area contributed by atoms with Crippen molar-refractivity contribution in [3.8, 4) is 11.5 Å². The number of para-hydroxylation sites is 1. The van der Waals surface area contributed by atoms with Crippen molar-refractivity contribution >= 4 is 11.9 Å². The molecule has 0 aliphatic carbocycles. The van der Waals surface area contributed by atoms with Crippen molar-refractivity contribution in [3.63, 3.8) is 0 Å². The fraction of sp³-hybridized carbons (Fsp3) is 0.240. The Labute approximate surface area is 192 Å². The third-order valence-corrected chi connectivity index (χ3v) is 5.04. The molecular formula is C25H27N3O5. The fourth-order valence-corrected chi connectivity index (χ4v) is 3.42. The van der Waals surface area contributed by atoms with E-state index >= 15 is 0 Å². The maximum Gasteiger partial charge on any atom is 0.414 e. The predicted octanol–water partition coefficient (Wildman–Crippen LogP) is 3.35. The molecule has 2 aromatic carbocycles. The van der Waals surface area contributed by atoms with Gasteiger partial charge in [0.05, 0.1) is 5.69 Å². The minimum atomic E-state index is -1.82. The molecule has 1 aromatic heterocycles. The fourth-order valence-electron chi connectivity index (χ4n) is 3.42. The van der Waals surface area contributed by atoms with Gasteiger partial charge in [-0.3, -0.25) is 14.8 Å². The van der Waals surface area contributed by atoms with Crippen LogP contribution in [0.15, 0.2) is 79.0 Å². The summed E-state index contributed by atoms with van der Waals surface area (Å²) in [5.74, 6) is -1.88. The van der Waals surface area contributed by atoms with Gasteiger partial charge in [0.2, 0.25) is 0 Å². The SMILES string of the molecule is O=C(O)C(=O)O.c1ccc(Oc2cccc(CN3CCN(Cc4ccccn4)CC3)c2)cc1. The molecule has 0 spiro atoms. The third-order valence-electron chi connectivity index (χ3n) is 5.04. The molecule has 0 unspecified atom stereocenters. The van der Waals surface area contributed by atoms with E-state index in [1.807, 2.05) is 48.7 Å². The number of benzene rings is 2. The van der Waals surface area contributed by atoms with Gasteiger partial charge in [0.25, 0.3) is 0 Å². The molecule has 8 heteroatoms. The second-order valence-corrected chi connectivity index (χ2v) is 7.55. The van der Waals surface area contributed by atoms with Gasteiger partial charge in [-0.05, 0) is 42.0 Å². The third kappa shape index (κ3) is 8.36. The highest BCUT2D eigenvalue weighted by Crippen LogP contribution is 2.22. The molecule has 33 heavy (non-hydrogen) atoms. The van der Waals surface area contributed by atoms with Crippen LogP contribution in [0.25, 0.3) is 0 Å². The summed E-state index contributed by atoms with van der Waals surface area (Å²) in [5.41, 5.74) is 2.44. The highest BCUT2D eigenvalue weighted by molar-refractivity contribution is 6.27. The molecule has 1 aliphatic heterocycles. The number of carboxylic acid groups (broad SMARTS) is 2. The summed E-state index contributed by atoms with van der Waals surface area (Å²) < 4.78 is 5.96. The van der Waals surface area contributed by atoms with Crippen molar-refractivity contribution in [1.29, 1.82) is 0 Å². The maximum absolute atomic E-state index is 9.10. The Bertz CT molecular complexity index is 1010. The topological polar surface area (TPSA) is 103 Å². The van der Waals surface area contributed by atoms with Crippen LogP contribution >= 0.6 is 0 Å². The lowest BCUT2D eigenvalue weighted by Crippen LogP contribution is -2.45. The number of rotatable bonds is 6. The summed E-state index contributed by atoms with van der Waals surface area (Å²) in [6, 6.07) is 24.5. The first kappa shape index (κ1) is 23.9. The number of ether oxygens (including phenoxy) is 1. The highest BCUT2D eigenvalue weighted by Gasteiger charge is 2.17. The zero-order valence-electron chi connectivity index (χ0n) is 18.2. The van der Waals surface area contributed by atoms with E-state index in [-0.39, 0.29) is 0 Å². The molecule has 0 radical (unpaired) electrons. The van der Waals surface area contributed by atoms with Gasteiger partial charge in [0.15, 0.2) is 0 Å². The molecule has 172 valence electrons. The molecule has 1 saturated heterocycles. The Morgan fingerprint density at radius 1 is 0.758 bits per heavy atom. The van der Waals surface area contributed by atoms with Crippen LogP contribution in [-0.4, -0.2) is 63.1 Å². The van der Waals surface area contributed by atoms with Gasteiger partial charge in [-0.15, -0.1) is 0 Å². The lowest BCUT2D eigenvalue weighted by molar-refractivity contribution is -0.159. The first-order chi connectivity index (χ1) is 16.0. The van der Waals surface area contributed by atoms with E-state index < -0.39 is 11.9 Å². The van der Waals surface area contributed by atoms with Gasteiger partial charge in [0, 0.05) is 45.5 Å². The summed E-state index contributed by atoms with van der Waals surface area (Å²) in [7, 11) is 0. The Hall–Kier alpha value is -3.75. The number of carbonyl (C=O) groups is 2. The molecule has 3 aromatic rings. The molecule has 0 atom stereocenters. The minimum absolute atomic E-state index is 0.873. The van der Waals surface area contributed by atoms with Crippen molar-refractivity contribution in [1.82, 2.24) is 14.8 Å². The summed E-state index contributed by atoms with van der Waals surface area (Å²) >= 11 is 0. The highest BCUT2D eigenvalue weighted by atomic mass is 16.5.